The fourth-order valence-corrected chi connectivity index (χ4v) is 3.05. The molecule has 1 aliphatic heterocycles. The Bertz CT molecular complexity index is 423. The maximum Gasteiger partial charge on any atom is 0.162 e. The van der Waals surface area contributed by atoms with Gasteiger partial charge in [0, 0.05) is 23.1 Å². The van der Waals surface area contributed by atoms with Gasteiger partial charge < -0.3 is 14.8 Å². The summed E-state index contributed by atoms with van der Waals surface area (Å²) in [5.74, 6) is 2.46. The molecule has 1 heterocycles. The number of hydrogen-bond acceptors (Lipinski definition) is 4. The molecule has 0 bridgehead atoms. The highest BCUT2D eigenvalue weighted by atomic mass is 32.2. The minimum Gasteiger partial charge on any atom is -0.490 e. The van der Waals surface area contributed by atoms with Gasteiger partial charge in [-0.2, -0.15) is 0 Å². The first-order valence-corrected chi connectivity index (χ1v) is 8.30. The van der Waals surface area contributed by atoms with Gasteiger partial charge in [0.05, 0.1) is 13.2 Å². The van der Waals surface area contributed by atoms with Crippen molar-refractivity contribution in [3.05, 3.63) is 18.2 Å². The largest absolute Gasteiger partial charge is 0.490 e. The molecule has 0 aliphatic carbocycles. The molecule has 0 radical (unpaired) electrons. The van der Waals surface area contributed by atoms with Gasteiger partial charge in [0.1, 0.15) is 0 Å². The normalized spacial score (nSPS) is 16.0. The molecule has 0 saturated carbocycles. The van der Waals surface area contributed by atoms with Crippen LogP contribution in [-0.4, -0.2) is 31.6 Å². The van der Waals surface area contributed by atoms with Gasteiger partial charge in [0.2, 0.25) is 0 Å². The van der Waals surface area contributed by atoms with Gasteiger partial charge in [0.15, 0.2) is 11.5 Å². The van der Waals surface area contributed by atoms with Crippen molar-refractivity contribution in [1.29, 1.82) is 0 Å². The SMILES string of the molecule is CC(C)CNCC(C)Sc1ccc2c(c1)OCCCO2. The van der Waals surface area contributed by atoms with Gasteiger partial charge in [-0.3, -0.25) is 0 Å². The van der Waals surface area contributed by atoms with Crippen molar-refractivity contribution in [2.24, 2.45) is 5.92 Å². The molecule has 1 aromatic carbocycles. The number of benzene rings is 1. The van der Waals surface area contributed by atoms with Crippen molar-refractivity contribution in [3.63, 3.8) is 0 Å². The van der Waals surface area contributed by atoms with E-state index in [9.17, 15) is 0 Å². The summed E-state index contributed by atoms with van der Waals surface area (Å²) in [6.07, 6.45) is 0.951. The molecule has 112 valence electrons. The van der Waals surface area contributed by atoms with E-state index in [0.717, 1.165) is 44.2 Å². The van der Waals surface area contributed by atoms with E-state index in [2.05, 4.69) is 38.2 Å². The number of nitrogens with one attached hydrogen (secondary N) is 1. The fourth-order valence-electron chi connectivity index (χ4n) is 2.07. The number of ether oxygens (including phenoxy) is 2. The molecular weight excluding hydrogens is 270 g/mol. The van der Waals surface area contributed by atoms with Crippen LogP contribution in [-0.2, 0) is 0 Å². The first-order valence-electron chi connectivity index (χ1n) is 7.42. The maximum atomic E-state index is 5.73. The molecular formula is C16H25NO2S. The smallest absolute Gasteiger partial charge is 0.162 e. The standard InChI is InChI=1S/C16H25NO2S/c1-12(2)10-17-11-13(3)20-14-5-6-15-16(9-14)19-8-4-7-18-15/h5-6,9,12-13,17H,4,7-8,10-11H2,1-3H3. The Balaban J connectivity index is 1.88. The number of hydrogen-bond donors (Lipinski definition) is 1. The molecule has 1 aliphatic rings. The second kappa shape index (κ2) is 7.79. The molecule has 0 amide bonds. The lowest BCUT2D eigenvalue weighted by Gasteiger charge is -2.15. The molecule has 1 N–H and O–H groups in total. The Morgan fingerprint density at radius 1 is 1.10 bits per heavy atom. The zero-order valence-electron chi connectivity index (χ0n) is 12.6. The van der Waals surface area contributed by atoms with E-state index in [1.165, 1.54) is 4.90 Å². The first-order chi connectivity index (χ1) is 9.65. The molecule has 0 fully saturated rings. The summed E-state index contributed by atoms with van der Waals surface area (Å²) >= 11 is 1.88. The molecule has 0 saturated heterocycles. The van der Waals surface area contributed by atoms with Crippen LogP contribution in [0.1, 0.15) is 27.2 Å². The highest BCUT2D eigenvalue weighted by molar-refractivity contribution is 8.00. The lowest BCUT2D eigenvalue weighted by atomic mass is 10.2. The lowest BCUT2D eigenvalue weighted by Crippen LogP contribution is -2.26. The van der Waals surface area contributed by atoms with Gasteiger partial charge >= 0.3 is 0 Å². The Labute approximate surface area is 126 Å². The van der Waals surface area contributed by atoms with Crippen molar-refractivity contribution in [1.82, 2.24) is 5.32 Å². The highest BCUT2D eigenvalue weighted by Crippen LogP contribution is 2.35. The third kappa shape index (κ3) is 4.91. The van der Waals surface area contributed by atoms with Gasteiger partial charge in [0.25, 0.3) is 0 Å². The van der Waals surface area contributed by atoms with Crippen LogP contribution in [0.2, 0.25) is 0 Å². The van der Waals surface area contributed by atoms with Crippen LogP contribution < -0.4 is 14.8 Å². The molecule has 2 rings (SSSR count). The summed E-state index contributed by atoms with van der Waals surface area (Å²) in [4.78, 5) is 1.24. The fraction of sp³-hybridized carbons (Fsp3) is 0.625. The second-order valence-corrected chi connectivity index (χ2v) is 7.15. The quantitative estimate of drug-likeness (QED) is 0.813. The van der Waals surface area contributed by atoms with Gasteiger partial charge in [-0.25, -0.2) is 0 Å². The molecule has 0 spiro atoms. The summed E-state index contributed by atoms with van der Waals surface area (Å²) < 4.78 is 11.4. The van der Waals surface area contributed by atoms with E-state index in [4.69, 9.17) is 9.47 Å². The summed E-state index contributed by atoms with van der Waals surface area (Å²) in [5, 5.41) is 4.04. The van der Waals surface area contributed by atoms with Gasteiger partial charge in [-0.05, 0) is 30.7 Å². The minimum atomic E-state index is 0.540. The van der Waals surface area contributed by atoms with Gasteiger partial charge in [-0.15, -0.1) is 11.8 Å². The first kappa shape index (κ1) is 15.5. The Hall–Kier alpha value is -0.870. The van der Waals surface area contributed by atoms with Crippen LogP contribution in [0.15, 0.2) is 23.1 Å². The van der Waals surface area contributed by atoms with Crippen LogP contribution in [0.25, 0.3) is 0 Å². The lowest BCUT2D eigenvalue weighted by molar-refractivity contribution is 0.297. The number of fused-ring (bicyclic) bond motifs is 1. The van der Waals surface area contributed by atoms with Crippen molar-refractivity contribution < 1.29 is 9.47 Å². The number of thioether (sulfide) groups is 1. The molecule has 0 aromatic heterocycles. The van der Waals surface area contributed by atoms with Crippen molar-refractivity contribution >= 4 is 11.8 Å². The van der Waals surface area contributed by atoms with E-state index < -0.39 is 0 Å². The minimum absolute atomic E-state index is 0.540. The van der Waals surface area contributed by atoms with Crippen LogP contribution in [0, 0.1) is 5.92 Å². The topological polar surface area (TPSA) is 30.5 Å². The van der Waals surface area contributed by atoms with E-state index in [1.807, 2.05) is 17.8 Å². The third-order valence-electron chi connectivity index (χ3n) is 3.04. The van der Waals surface area contributed by atoms with Crippen molar-refractivity contribution in [2.75, 3.05) is 26.3 Å². The molecule has 1 unspecified atom stereocenters. The van der Waals surface area contributed by atoms with Crippen molar-refractivity contribution in [2.45, 2.75) is 37.3 Å². The second-order valence-electron chi connectivity index (χ2n) is 5.64. The zero-order chi connectivity index (χ0) is 14.4. The average molecular weight is 295 g/mol. The van der Waals surface area contributed by atoms with Gasteiger partial charge in [-0.1, -0.05) is 20.8 Å². The Morgan fingerprint density at radius 2 is 1.85 bits per heavy atom. The Morgan fingerprint density at radius 3 is 2.60 bits per heavy atom. The van der Waals surface area contributed by atoms with Crippen molar-refractivity contribution in [3.8, 4) is 11.5 Å². The van der Waals surface area contributed by atoms with Crippen LogP contribution in [0.3, 0.4) is 0 Å². The molecule has 1 atom stereocenters. The van der Waals surface area contributed by atoms with E-state index >= 15 is 0 Å². The maximum absolute atomic E-state index is 5.73. The third-order valence-corrected chi connectivity index (χ3v) is 4.14. The highest BCUT2D eigenvalue weighted by Gasteiger charge is 2.12. The zero-order valence-corrected chi connectivity index (χ0v) is 13.5. The summed E-state index contributed by atoms with van der Waals surface area (Å²) in [7, 11) is 0. The molecule has 20 heavy (non-hydrogen) atoms. The Kier molecular flexibility index (Phi) is 6.05. The molecule has 4 heteroatoms. The van der Waals surface area contributed by atoms with Crippen LogP contribution in [0.4, 0.5) is 0 Å². The predicted molar refractivity (Wildman–Crippen MR) is 85.1 cm³/mol. The summed E-state index contributed by atoms with van der Waals surface area (Å²) in [6, 6.07) is 6.25. The molecule has 1 aromatic rings. The van der Waals surface area contributed by atoms with E-state index in [-0.39, 0.29) is 0 Å². The van der Waals surface area contributed by atoms with Crippen LogP contribution >= 0.6 is 11.8 Å². The summed E-state index contributed by atoms with van der Waals surface area (Å²) in [6.45, 7) is 10.3. The van der Waals surface area contributed by atoms with Crippen LogP contribution in [0.5, 0.6) is 11.5 Å². The van der Waals surface area contributed by atoms with E-state index in [0.29, 0.717) is 11.2 Å². The summed E-state index contributed by atoms with van der Waals surface area (Å²) in [5.41, 5.74) is 0. The number of rotatable bonds is 6. The molecule has 3 nitrogen and oxygen atoms in total. The van der Waals surface area contributed by atoms with E-state index in [1.54, 1.807) is 0 Å². The predicted octanol–water partition coefficient (Wildman–Crippen LogP) is 3.57. The monoisotopic (exact) mass is 295 g/mol. The average Bonchev–Trinajstić information content (AvgIpc) is 2.62.